The summed E-state index contributed by atoms with van der Waals surface area (Å²) in [6.45, 7) is 0. The van der Waals surface area contributed by atoms with Gasteiger partial charge in [-0.25, -0.2) is 8.78 Å². The van der Waals surface area contributed by atoms with Gasteiger partial charge in [-0.15, -0.1) is 0 Å². The third-order valence-electron chi connectivity index (χ3n) is 1.50. The van der Waals surface area contributed by atoms with E-state index in [1.165, 1.54) is 0 Å². The molecule has 0 N–H and O–H groups in total. The number of hydrogen-bond donors (Lipinski definition) is 0. The molecular formula is C9H6F2O2. The van der Waals surface area contributed by atoms with E-state index in [0.717, 1.165) is 18.2 Å². The van der Waals surface area contributed by atoms with E-state index in [0.29, 0.717) is 6.29 Å². The Hall–Kier alpha value is -1.58. The summed E-state index contributed by atoms with van der Waals surface area (Å²) >= 11 is 0. The molecule has 0 saturated carbocycles. The topological polar surface area (TPSA) is 34.1 Å². The van der Waals surface area contributed by atoms with Crippen molar-refractivity contribution in [3.05, 3.63) is 35.4 Å². The molecule has 1 rings (SSSR count). The number of benzene rings is 1. The molecule has 0 amide bonds. The fourth-order valence-corrected chi connectivity index (χ4v) is 0.897. The molecule has 0 bridgehead atoms. The van der Waals surface area contributed by atoms with Crippen LogP contribution in [0.15, 0.2) is 18.2 Å². The Labute approximate surface area is 73.2 Å². The molecule has 0 aliphatic carbocycles. The predicted molar refractivity (Wildman–Crippen MR) is 41.4 cm³/mol. The monoisotopic (exact) mass is 184 g/mol. The van der Waals surface area contributed by atoms with Crippen molar-refractivity contribution < 1.29 is 18.4 Å². The molecule has 0 saturated heterocycles. The number of ketones is 1. The first kappa shape index (κ1) is 9.51. The molecule has 2 nitrogen and oxygen atoms in total. The summed E-state index contributed by atoms with van der Waals surface area (Å²) in [5, 5.41) is 0. The third-order valence-corrected chi connectivity index (χ3v) is 1.50. The Morgan fingerprint density at radius 2 is 2.08 bits per heavy atom. The lowest BCUT2D eigenvalue weighted by molar-refractivity contribution is -0.107. The lowest BCUT2D eigenvalue weighted by Gasteiger charge is -1.98. The summed E-state index contributed by atoms with van der Waals surface area (Å²) in [5.41, 5.74) is -0.382. The molecule has 0 spiro atoms. The fraction of sp³-hybridized carbons (Fsp3) is 0.111. The summed E-state index contributed by atoms with van der Waals surface area (Å²) in [5.74, 6) is -2.23. The maximum atomic E-state index is 12.8. The van der Waals surface area contributed by atoms with Gasteiger partial charge in [-0.2, -0.15) is 0 Å². The van der Waals surface area contributed by atoms with Crippen molar-refractivity contribution >= 4 is 12.1 Å². The first-order chi connectivity index (χ1) is 6.15. The van der Waals surface area contributed by atoms with Crippen molar-refractivity contribution in [3.8, 4) is 0 Å². The van der Waals surface area contributed by atoms with Gasteiger partial charge in [-0.05, 0) is 18.2 Å². The number of halogens is 2. The lowest BCUT2D eigenvalue weighted by atomic mass is 10.1. The van der Waals surface area contributed by atoms with Crippen LogP contribution in [-0.4, -0.2) is 12.1 Å². The summed E-state index contributed by atoms with van der Waals surface area (Å²) in [6.07, 6.45) is -0.0763. The van der Waals surface area contributed by atoms with Gasteiger partial charge in [0, 0.05) is 0 Å². The van der Waals surface area contributed by atoms with Gasteiger partial charge >= 0.3 is 0 Å². The number of carbonyl (C=O) groups excluding carboxylic acids is 2. The SMILES string of the molecule is O=CCC(=O)c1cc(F)ccc1F. The Morgan fingerprint density at radius 1 is 1.38 bits per heavy atom. The highest BCUT2D eigenvalue weighted by Gasteiger charge is 2.11. The van der Waals surface area contributed by atoms with Crippen molar-refractivity contribution in [1.82, 2.24) is 0 Å². The van der Waals surface area contributed by atoms with Gasteiger partial charge in [0.2, 0.25) is 0 Å². The van der Waals surface area contributed by atoms with Crippen LogP contribution in [0.3, 0.4) is 0 Å². The molecule has 0 unspecified atom stereocenters. The van der Waals surface area contributed by atoms with Gasteiger partial charge in [0.1, 0.15) is 17.9 Å². The molecule has 0 aliphatic rings. The maximum Gasteiger partial charge on any atom is 0.172 e. The Bertz CT molecular complexity index is 347. The van der Waals surface area contributed by atoms with E-state index in [-0.39, 0.29) is 5.56 Å². The molecule has 0 radical (unpaired) electrons. The highest BCUT2D eigenvalue weighted by Crippen LogP contribution is 2.11. The molecule has 13 heavy (non-hydrogen) atoms. The molecule has 1 aromatic carbocycles. The second kappa shape index (κ2) is 3.89. The summed E-state index contributed by atoms with van der Waals surface area (Å²) in [4.78, 5) is 20.9. The van der Waals surface area contributed by atoms with E-state index in [1.807, 2.05) is 0 Å². The van der Waals surface area contributed by atoms with Crippen LogP contribution in [0.5, 0.6) is 0 Å². The van der Waals surface area contributed by atoms with Gasteiger partial charge in [0.05, 0.1) is 12.0 Å². The minimum Gasteiger partial charge on any atom is -0.303 e. The van der Waals surface area contributed by atoms with E-state index in [9.17, 15) is 18.4 Å². The minimum absolute atomic E-state index is 0.354. The van der Waals surface area contributed by atoms with Gasteiger partial charge in [-0.3, -0.25) is 4.79 Å². The van der Waals surface area contributed by atoms with Crippen molar-refractivity contribution in [1.29, 1.82) is 0 Å². The fourth-order valence-electron chi connectivity index (χ4n) is 0.897. The zero-order valence-electron chi connectivity index (χ0n) is 6.59. The van der Waals surface area contributed by atoms with Gasteiger partial charge < -0.3 is 4.79 Å². The van der Waals surface area contributed by atoms with Crippen LogP contribution in [0.1, 0.15) is 16.8 Å². The first-order valence-electron chi connectivity index (χ1n) is 3.57. The van der Waals surface area contributed by atoms with E-state index >= 15 is 0 Å². The first-order valence-corrected chi connectivity index (χ1v) is 3.57. The van der Waals surface area contributed by atoms with Crippen molar-refractivity contribution in [2.45, 2.75) is 6.42 Å². The maximum absolute atomic E-state index is 12.8. The van der Waals surface area contributed by atoms with E-state index in [4.69, 9.17) is 0 Å². The second-order valence-corrected chi connectivity index (χ2v) is 2.42. The Kier molecular flexibility index (Phi) is 2.84. The Balaban J connectivity index is 3.05. The molecule has 0 heterocycles. The van der Waals surface area contributed by atoms with E-state index in [2.05, 4.69) is 0 Å². The van der Waals surface area contributed by atoms with Gasteiger partial charge in [-0.1, -0.05) is 0 Å². The van der Waals surface area contributed by atoms with Gasteiger partial charge in [0.15, 0.2) is 5.78 Å². The molecular weight excluding hydrogens is 178 g/mol. The van der Waals surface area contributed by atoms with Crippen molar-refractivity contribution in [2.75, 3.05) is 0 Å². The molecule has 4 heteroatoms. The van der Waals surface area contributed by atoms with Crippen molar-refractivity contribution in [3.63, 3.8) is 0 Å². The van der Waals surface area contributed by atoms with Crippen LogP contribution in [0.2, 0.25) is 0 Å². The number of aldehydes is 1. The number of Topliss-reactive ketones (excluding diaryl/α,β-unsaturated/α-hetero) is 1. The number of rotatable bonds is 3. The average Bonchev–Trinajstić information content (AvgIpc) is 2.09. The van der Waals surface area contributed by atoms with Crippen LogP contribution in [0.4, 0.5) is 8.78 Å². The molecule has 0 aliphatic heterocycles. The van der Waals surface area contributed by atoms with Crippen LogP contribution in [0, 0.1) is 11.6 Å². The van der Waals surface area contributed by atoms with Crippen molar-refractivity contribution in [2.24, 2.45) is 0 Å². The standard InChI is InChI=1S/C9H6F2O2/c10-6-1-2-8(11)7(5-6)9(13)3-4-12/h1-2,4-5H,3H2. The predicted octanol–water partition coefficient (Wildman–Crippen LogP) is 1.74. The highest BCUT2D eigenvalue weighted by atomic mass is 19.1. The van der Waals surface area contributed by atoms with Gasteiger partial charge in [0.25, 0.3) is 0 Å². The normalized spacial score (nSPS) is 9.69. The molecule has 1 aromatic rings. The molecule has 0 fully saturated rings. The van der Waals surface area contributed by atoms with Crippen LogP contribution in [0.25, 0.3) is 0 Å². The molecule has 0 atom stereocenters. The zero-order chi connectivity index (χ0) is 9.84. The average molecular weight is 184 g/mol. The summed E-state index contributed by atoms with van der Waals surface area (Å²) in [6, 6.07) is 2.54. The zero-order valence-corrected chi connectivity index (χ0v) is 6.59. The quantitative estimate of drug-likeness (QED) is 0.407. The second-order valence-electron chi connectivity index (χ2n) is 2.42. The number of hydrogen-bond acceptors (Lipinski definition) is 2. The minimum atomic E-state index is -0.812. The highest BCUT2D eigenvalue weighted by molar-refractivity contribution is 6.02. The van der Waals surface area contributed by atoms with Crippen LogP contribution >= 0.6 is 0 Å². The summed E-state index contributed by atoms with van der Waals surface area (Å²) in [7, 11) is 0. The third kappa shape index (κ3) is 2.18. The van der Waals surface area contributed by atoms with Crippen LogP contribution in [-0.2, 0) is 4.79 Å². The Morgan fingerprint density at radius 3 is 2.69 bits per heavy atom. The summed E-state index contributed by atoms with van der Waals surface area (Å²) < 4.78 is 25.4. The largest absolute Gasteiger partial charge is 0.303 e. The smallest absolute Gasteiger partial charge is 0.172 e. The molecule has 68 valence electrons. The molecule has 0 aromatic heterocycles. The lowest BCUT2D eigenvalue weighted by Crippen LogP contribution is -2.03. The van der Waals surface area contributed by atoms with E-state index < -0.39 is 23.8 Å². The number of carbonyl (C=O) groups is 2. The van der Waals surface area contributed by atoms with Crippen LogP contribution < -0.4 is 0 Å². The van der Waals surface area contributed by atoms with E-state index in [1.54, 1.807) is 0 Å².